The minimum absolute atomic E-state index is 0.682. The smallest absolute Gasteiger partial charge is 0.00216 e. The lowest BCUT2D eigenvalue weighted by Crippen LogP contribution is -2.11. The third kappa shape index (κ3) is 2.75. The van der Waals surface area contributed by atoms with Crippen molar-refractivity contribution in [1.82, 2.24) is 0 Å². The van der Waals surface area contributed by atoms with Crippen LogP contribution < -0.4 is 0 Å². The number of hydrogen-bond donors (Lipinski definition) is 0. The van der Waals surface area contributed by atoms with E-state index in [9.17, 15) is 0 Å². The van der Waals surface area contributed by atoms with Crippen LogP contribution in [0, 0.1) is 23.7 Å². The molecule has 86 valence electrons. The maximum atomic E-state index is 2.37. The van der Waals surface area contributed by atoms with Crippen LogP contribution in [0.25, 0.3) is 0 Å². The molecular formula is C16H22. The van der Waals surface area contributed by atoms with Crippen molar-refractivity contribution in [2.45, 2.75) is 26.7 Å². The molecule has 2 unspecified atom stereocenters. The highest BCUT2D eigenvalue weighted by Crippen LogP contribution is 2.29. The Morgan fingerprint density at radius 2 is 1.00 bits per heavy atom. The van der Waals surface area contributed by atoms with Crippen LogP contribution in [-0.4, -0.2) is 0 Å². The summed E-state index contributed by atoms with van der Waals surface area (Å²) in [5.41, 5.74) is 0. The Morgan fingerprint density at radius 3 is 1.31 bits per heavy atom. The Labute approximate surface area is 99.4 Å². The molecule has 0 heterocycles. The zero-order valence-corrected chi connectivity index (χ0v) is 10.3. The molecule has 0 saturated carbocycles. The van der Waals surface area contributed by atoms with Gasteiger partial charge in [0, 0.05) is 0 Å². The van der Waals surface area contributed by atoms with Gasteiger partial charge in [0.2, 0.25) is 0 Å². The molecule has 2 rings (SSSR count). The quantitative estimate of drug-likeness (QED) is 0.631. The van der Waals surface area contributed by atoms with Gasteiger partial charge < -0.3 is 0 Å². The third-order valence-electron chi connectivity index (χ3n) is 3.95. The van der Waals surface area contributed by atoms with E-state index in [-0.39, 0.29) is 0 Å². The lowest BCUT2D eigenvalue weighted by atomic mass is 9.84. The van der Waals surface area contributed by atoms with Crippen molar-refractivity contribution in [1.29, 1.82) is 0 Å². The summed E-state index contributed by atoms with van der Waals surface area (Å²) < 4.78 is 0. The molecule has 0 aromatic carbocycles. The summed E-state index contributed by atoms with van der Waals surface area (Å²) in [4.78, 5) is 0. The van der Waals surface area contributed by atoms with E-state index in [1.807, 2.05) is 0 Å². The van der Waals surface area contributed by atoms with Crippen molar-refractivity contribution in [3.63, 3.8) is 0 Å². The first kappa shape index (κ1) is 11.4. The van der Waals surface area contributed by atoms with Crippen molar-refractivity contribution in [3.05, 3.63) is 48.6 Å². The summed E-state index contributed by atoms with van der Waals surface area (Å²) >= 11 is 0. The molecule has 0 aromatic heterocycles. The Kier molecular flexibility index (Phi) is 3.82. The van der Waals surface area contributed by atoms with E-state index >= 15 is 0 Å². The number of rotatable bonds is 5. The molecule has 0 nitrogen and oxygen atoms in total. The van der Waals surface area contributed by atoms with Crippen LogP contribution >= 0.6 is 0 Å². The predicted octanol–water partition coefficient (Wildman–Crippen LogP) is 4.52. The molecule has 0 aromatic rings. The van der Waals surface area contributed by atoms with Crippen LogP contribution in [0.3, 0.4) is 0 Å². The molecule has 0 N–H and O–H groups in total. The maximum Gasteiger partial charge on any atom is -0.00216 e. The van der Waals surface area contributed by atoms with Crippen molar-refractivity contribution in [3.8, 4) is 0 Å². The first-order valence-corrected chi connectivity index (χ1v) is 6.47. The van der Waals surface area contributed by atoms with Gasteiger partial charge in [-0.3, -0.25) is 0 Å². The Morgan fingerprint density at radius 1 is 0.688 bits per heavy atom. The van der Waals surface area contributed by atoms with Gasteiger partial charge >= 0.3 is 0 Å². The van der Waals surface area contributed by atoms with Crippen LogP contribution in [-0.2, 0) is 0 Å². The lowest BCUT2D eigenvalue weighted by molar-refractivity contribution is 0.370. The Hall–Kier alpha value is -1.04. The van der Waals surface area contributed by atoms with E-state index in [0.717, 1.165) is 11.8 Å². The fraction of sp³-hybridized carbons (Fsp3) is 0.500. The summed E-state index contributed by atoms with van der Waals surface area (Å²) in [6.07, 6.45) is 20.7. The second-order valence-corrected chi connectivity index (χ2v) is 5.23. The van der Waals surface area contributed by atoms with Crippen LogP contribution in [0.4, 0.5) is 0 Å². The minimum atomic E-state index is 0.682. The molecule has 2 atom stereocenters. The van der Waals surface area contributed by atoms with Crippen molar-refractivity contribution in [2.24, 2.45) is 23.7 Å². The van der Waals surface area contributed by atoms with Crippen LogP contribution in [0.1, 0.15) is 26.7 Å². The van der Waals surface area contributed by atoms with Gasteiger partial charge in [0.15, 0.2) is 0 Å². The van der Waals surface area contributed by atoms with E-state index in [0.29, 0.717) is 11.8 Å². The molecule has 0 spiro atoms. The van der Waals surface area contributed by atoms with E-state index in [1.165, 1.54) is 12.8 Å². The summed E-state index contributed by atoms with van der Waals surface area (Å²) in [7, 11) is 0. The van der Waals surface area contributed by atoms with Crippen LogP contribution in [0.15, 0.2) is 48.6 Å². The van der Waals surface area contributed by atoms with E-state index < -0.39 is 0 Å². The zero-order valence-electron chi connectivity index (χ0n) is 10.3. The van der Waals surface area contributed by atoms with Crippen molar-refractivity contribution >= 4 is 0 Å². The van der Waals surface area contributed by atoms with Gasteiger partial charge in [-0.15, -0.1) is 0 Å². The van der Waals surface area contributed by atoms with Gasteiger partial charge in [-0.2, -0.15) is 0 Å². The molecule has 0 aliphatic heterocycles. The fourth-order valence-corrected chi connectivity index (χ4v) is 2.57. The van der Waals surface area contributed by atoms with Crippen LogP contribution in [0.5, 0.6) is 0 Å². The number of allylic oxidation sites excluding steroid dienone is 8. The highest BCUT2D eigenvalue weighted by Gasteiger charge is 2.18. The normalized spacial score (nSPS) is 23.4. The summed E-state index contributed by atoms with van der Waals surface area (Å²) in [6, 6.07) is 0. The molecule has 16 heavy (non-hydrogen) atoms. The van der Waals surface area contributed by atoms with Crippen LogP contribution in [0.2, 0.25) is 0 Å². The molecule has 0 bridgehead atoms. The van der Waals surface area contributed by atoms with Gasteiger partial charge in [-0.1, -0.05) is 62.5 Å². The molecular weight excluding hydrogens is 192 g/mol. The van der Waals surface area contributed by atoms with Gasteiger partial charge in [0.1, 0.15) is 0 Å². The zero-order chi connectivity index (χ0) is 11.4. The first-order chi connectivity index (χ1) is 7.77. The summed E-state index contributed by atoms with van der Waals surface area (Å²) in [6.45, 7) is 4.75. The fourth-order valence-electron chi connectivity index (χ4n) is 2.57. The molecule has 2 aliphatic rings. The van der Waals surface area contributed by atoms with Gasteiger partial charge in [-0.25, -0.2) is 0 Å². The molecule has 0 fully saturated rings. The lowest BCUT2D eigenvalue weighted by Gasteiger charge is -2.21. The molecule has 0 radical (unpaired) electrons. The van der Waals surface area contributed by atoms with Gasteiger partial charge in [-0.05, 0) is 36.5 Å². The SMILES string of the molecule is CC(CCC(C)C1C=CC=C1)C1C=CC=C1. The molecule has 2 aliphatic carbocycles. The molecule has 0 saturated heterocycles. The van der Waals surface area contributed by atoms with Crippen molar-refractivity contribution < 1.29 is 0 Å². The average Bonchev–Trinajstić information content (AvgIpc) is 2.95. The average molecular weight is 214 g/mol. The minimum Gasteiger partial charge on any atom is -0.0774 e. The highest BCUT2D eigenvalue weighted by molar-refractivity contribution is 5.19. The van der Waals surface area contributed by atoms with E-state index in [1.54, 1.807) is 0 Å². The maximum absolute atomic E-state index is 2.37. The number of hydrogen-bond acceptors (Lipinski definition) is 0. The molecule has 0 amide bonds. The predicted molar refractivity (Wildman–Crippen MR) is 71.1 cm³/mol. The van der Waals surface area contributed by atoms with Crippen molar-refractivity contribution in [2.75, 3.05) is 0 Å². The van der Waals surface area contributed by atoms with Gasteiger partial charge in [0.25, 0.3) is 0 Å². The summed E-state index contributed by atoms with van der Waals surface area (Å²) in [5.74, 6) is 2.93. The Bertz CT molecular complexity index is 272. The third-order valence-corrected chi connectivity index (χ3v) is 3.95. The highest BCUT2D eigenvalue weighted by atomic mass is 14.2. The van der Waals surface area contributed by atoms with Gasteiger partial charge in [0.05, 0.1) is 0 Å². The standard InChI is InChI=1S/C16H22/c1-13(15-7-3-4-8-15)11-12-14(2)16-9-5-6-10-16/h3-10,13-16H,11-12H2,1-2H3. The topological polar surface area (TPSA) is 0 Å². The second kappa shape index (κ2) is 5.34. The summed E-state index contributed by atoms with van der Waals surface area (Å²) in [5, 5.41) is 0. The first-order valence-electron chi connectivity index (χ1n) is 6.47. The van der Waals surface area contributed by atoms with E-state index in [4.69, 9.17) is 0 Å². The monoisotopic (exact) mass is 214 g/mol. The Balaban J connectivity index is 1.74. The molecule has 0 heteroatoms. The largest absolute Gasteiger partial charge is 0.0774 e. The van der Waals surface area contributed by atoms with E-state index in [2.05, 4.69) is 62.5 Å². The second-order valence-electron chi connectivity index (χ2n) is 5.23.